The first kappa shape index (κ1) is 21.9. The van der Waals surface area contributed by atoms with Crippen LogP contribution < -0.4 is 15.6 Å². The van der Waals surface area contributed by atoms with Crippen LogP contribution in [0.4, 0.5) is 15.8 Å². The second kappa shape index (κ2) is 8.78. The predicted molar refractivity (Wildman–Crippen MR) is 131 cm³/mol. The highest BCUT2D eigenvalue weighted by Gasteiger charge is 2.29. The van der Waals surface area contributed by atoms with Crippen LogP contribution in [0.15, 0.2) is 59.7 Å². The standard InChI is InChI=1S/C26H25FN4O3/c1-2-30-15-19(26(33)34)25(32)22-18-10-11-20(27)24(23(18)29-14-21(22)30)31-12-6-9-17(31)13-28-16-7-4-3-5-8-16/h3-5,7-8,10-11,14-15,17,28H,2,6,9,12-13H2,1H3,(H,33,34). The van der Waals surface area contributed by atoms with Crippen molar-refractivity contribution in [3.05, 3.63) is 76.5 Å². The molecular weight excluding hydrogens is 435 g/mol. The molecule has 1 atom stereocenters. The summed E-state index contributed by atoms with van der Waals surface area (Å²) >= 11 is 0. The van der Waals surface area contributed by atoms with E-state index in [0.717, 1.165) is 18.5 Å². The molecule has 1 aliphatic rings. The molecule has 1 aliphatic heterocycles. The number of hydrogen-bond donors (Lipinski definition) is 2. The third-order valence-corrected chi connectivity index (χ3v) is 6.56. The third kappa shape index (κ3) is 3.65. The van der Waals surface area contributed by atoms with Crippen molar-refractivity contribution in [3.8, 4) is 0 Å². The number of pyridine rings is 2. The van der Waals surface area contributed by atoms with Crippen LogP contribution in [0.3, 0.4) is 0 Å². The summed E-state index contributed by atoms with van der Waals surface area (Å²) in [6.45, 7) is 3.65. The van der Waals surface area contributed by atoms with Gasteiger partial charge in [-0.25, -0.2) is 9.18 Å². The lowest BCUT2D eigenvalue weighted by molar-refractivity contribution is 0.0695. The fourth-order valence-electron chi connectivity index (χ4n) is 4.91. The second-order valence-corrected chi connectivity index (χ2v) is 8.51. The summed E-state index contributed by atoms with van der Waals surface area (Å²) in [5, 5.41) is 13.7. The lowest BCUT2D eigenvalue weighted by atomic mass is 10.0. The van der Waals surface area contributed by atoms with Gasteiger partial charge < -0.3 is 19.9 Å². The lowest BCUT2D eigenvalue weighted by Crippen LogP contribution is -2.35. The largest absolute Gasteiger partial charge is 0.477 e. The van der Waals surface area contributed by atoms with Crippen LogP contribution in [-0.4, -0.2) is 39.8 Å². The lowest BCUT2D eigenvalue weighted by Gasteiger charge is -2.28. The first-order chi connectivity index (χ1) is 16.5. The number of aromatic nitrogens is 2. The SMILES string of the molecule is CCn1cc(C(=O)O)c(=O)c2c3ccc(F)c(N4CCCC4CNc4ccccc4)c3ncc21. The van der Waals surface area contributed by atoms with Crippen molar-refractivity contribution in [1.29, 1.82) is 0 Å². The molecule has 7 nitrogen and oxygen atoms in total. The molecule has 2 aromatic carbocycles. The zero-order chi connectivity index (χ0) is 23.8. The Balaban J connectivity index is 1.65. The van der Waals surface area contributed by atoms with Gasteiger partial charge in [-0.3, -0.25) is 9.78 Å². The van der Waals surface area contributed by atoms with E-state index in [2.05, 4.69) is 10.3 Å². The monoisotopic (exact) mass is 460 g/mol. The second-order valence-electron chi connectivity index (χ2n) is 8.51. The summed E-state index contributed by atoms with van der Waals surface area (Å²) in [5.41, 5.74) is 1.38. The van der Waals surface area contributed by atoms with E-state index in [1.165, 1.54) is 18.3 Å². The first-order valence-corrected chi connectivity index (χ1v) is 11.4. The highest BCUT2D eigenvalue weighted by Crippen LogP contribution is 2.36. The minimum Gasteiger partial charge on any atom is -0.477 e. The van der Waals surface area contributed by atoms with E-state index in [4.69, 9.17) is 0 Å². The fourth-order valence-corrected chi connectivity index (χ4v) is 4.91. The van der Waals surface area contributed by atoms with E-state index in [1.807, 2.05) is 42.2 Å². The third-order valence-electron chi connectivity index (χ3n) is 6.56. The molecule has 5 rings (SSSR count). The average molecular weight is 461 g/mol. The number of rotatable bonds is 6. The van der Waals surface area contributed by atoms with Gasteiger partial charge in [-0.15, -0.1) is 0 Å². The minimum atomic E-state index is -1.28. The van der Waals surface area contributed by atoms with Gasteiger partial charge >= 0.3 is 5.97 Å². The number of benzene rings is 2. The molecule has 0 bridgehead atoms. The summed E-state index contributed by atoms with van der Waals surface area (Å²) in [6, 6.07) is 12.8. The van der Waals surface area contributed by atoms with Gasteiger partial charge in [-0.2, -0.15) is 0 Å². The fraction of sp³-hybridized carbons (Fsp3) is 0.269. The van der Waals surface area contributed by atoms with Crippen molar-refractivity contribution in [2.45, 2.75) is 32.4 Å². The molecule has 0 radical (unpaired) electrons. The molecule has 0 aliphatic carbocycles. The Morgan fingerprint density at radius 2 is 2.03 bits per heavy atom. The number of hydrogen-bond acceptors (Lipinski definition) is 5. The van der Waals surface area contributed by atoms with Crippen LogP contribution >= 0.6 is 0 Å². The number of para-hydroxylation sites is 1. The summed E-state index contributed by atoms with van der Waals surface area (Å²) in [5.74, 6) is -1.69. The number of anilines is 2. The van der Waals surface area contributed by atoms with Crippen LogP contribution in [0.2, 0.25) is 0 Å². The number of nitrogens with one attached hydrogen (secondary N) is 1. The highest BCUT2D eigenvalue weighted by molar-refractivity contribution is 6.09. The van der Waals surface area contributed by atoms with E-state index in [1.54, 1.807) is 10.8 Å². The van der Waals surface area contributed by atoms with Crippen molar-refractivity contribution < 1.29 is 14.3 Å². The van der Waals surface area contributed by atoms with Crippen LogP contribution in [-0.2, 0) is 6.54 Å². The Labute approximate surface area is 195 Å². The summed E-state index contributed by atoms with van der Waals surface area (Å²) < 4.78 is 17.0. The Morgan fingerprint density at radius 3 is 2.76 bits per heavy atom. The molecule has 3 heterocycles. The molecule has 0 amide bonds. The number of halogens is 1. The maximum atomic E-state index is 15.3. The number of nitrogens with zero attached hydrogens (tertiary/aromatic N) is 3. The first-order valence-electron chi connectivity index (χ1n) is 11.4. The predicted octanol–water partition coefficient (Wildman–Crippen LogP) is 4.49. The normalized spacial score (nSPS) is 15.8. The van der Waals surface area contributed by atoms with Crippen molar-refractivity contribution in [3.63, 3.8) is 0 Å². The maximum absolute atomic E-state index is 15.3. The highest BCUT2D eigenvalue weighted by atomic mass is 19.1. The van der Waals surface area contributed by atoms with Gasteiger partial charge in [0, 0.05) is 42.9 Å². The molecule has 1 fully saturated rings. The van der Waals surface area contributed by atoms with Crippen LogP contribution in [0.5, 0.6) is 0 Å². The van der Waals surface area contributed by atoms with Crippen molar-refractivity contribution in [2.75, 3.05) is 23.3 Å². The van der Waals surface area contributed by atoms with E-state index in [-0.39, 0.29) is 17.0 Å². The minimum absolute atomic E-state index is 0.0513. The number of aryl methyl sites for hydroxylation is 1. The zero-order valence-corrected chi connectivity index (χ0v) is 18.8. The number of carboxylic acids is 1. The Hall–Kier alpha value is -3.94. The maximum Gasteiger partial charge on any atom is 0.341 e. The van der Waals surface area contributed by atoms with Crippen molar-refractivity contribution in [1.82, 2.24) is 9.55 Å². The van der Waals surface area contributed by atoms with Crippen LogP contribution in [0.25, 0.3) is 21.8 Å². The molecule has 8 heteroatoms. The Morgan fingerprint density at radius 1 is 1.24 bits per heavy atom. The van der Waals surface area contributed by atoms with E-state index < -0.39 is 17.2 Å². The molecule has 2 aromatic heterocycles. The Kier molecular flexibility index (Phi) is 5.65. The molecule has 0 saturated carbocycles. The topological polar surface area (TPSA) is 87.5 Å². The van der Waals surface area contributed by atoms with E-state index in [0.29, 0.717) is 41.7 Å². The van der Waals surface area contributed by atoms with Gasteiger partial charge in [0.1, 0.15) is 11.4 Å². The van der Waals surface area contributed by atoms with E-state index >= 15 is 4.39 Å². The Bertz CT molecular complexity index is 1450. The molecule has 1 saturated heterocycles. The van der Waals surface area contributed by atoms with Crippen molar-refractivity contribution in [2.24, 2.45) is 0 Å². The quantitative estimate of drug-likeness (QED) is 0.413. The number of carboxylic acid groups (broad SMARTS) is 1. The molecule has 4 aromatic rings. The molecule has 0 spiro atoms. The van der Waals surface area contributed by atoms with E-state index in [9.17, 15) is 14.7 Å². The van der Waals surface area contributed by atoms with Gasteiger partial charge in [0.15, 0.2) is 0 Å². The summed E-state index contributed by atoms with van der Waals surface area (Å²) in [7, 11) is 0. The van der Waals surface area contributed by atoms with Crippen LogP contribution in [0, 0.1) is 5.82 Å². The number of carbonyl (C=O) groups is 1. The molecule has 2 N–H and O–H groups in total. The van der Waals surface area contributed by atoms with Gasteiger partial charge in [0.25, 0.3) is 0 Å². The molecule has 174 valence electrons. The van der Waals surface area contributed by atoms with Gasteiger partial charge in [0.05, 0.1) is 28.3 Å². The van der Waals surface area contributed by atoms with Gasteiger partial charge in [-0.1, -0.05) is 18.2 Å². The number of aromatic carboxylic acids is 1. The average Bonchev–Trinajstić information content (AvgIpc) is 3.31. The summed E-state index contributed by atoms with van der Waals surface area (Å²) in [6.07, 6.45) is 4.70. The van der Waals surface area contributed by atoms with Crippen molar-refractivity contribution >= 4 is 39.1 Å². The summed E-state index contributed by atoms with van der Waals surface area (Å²) in [4.78, 5) is 31.5. The van der Waals surface area contributed by atoms with Gasteiger partial charge in [-0.05, 0) is 44.0 Å². The smallest absolute Gasteiger partial charge is 0.341 e. The van der Waals surface area contributed by atoms with Gasteiger partial charge in [0.2, 0.25) is 5.43 Å². The molecular formula is C26H25FN4O3. The van der Waals surface area contributed by atoms with Crippen LogP contribution in [0.1, 0.15) is 30.1 Å². The molecule has 1 unspecified atom stereocenters. The molecule has 34 heavy (non-hydrogen) atoms. The number of fused-ring (bicyclic) bond motifs is 3. The zero-order valence-electron chi connectivity index (χ0n) is 18.8.